The van der Waals surface area contributed by atoms with E-state index in [1.807, 2.05) is 58.0 Å². The molecule has 0 bridgehead atoms. The Bertz CT molecular complexity index is 983. The number of allylic oxidation sites excluding steroid dienone is 1. The highest BCUT2D eigenvalue weighted by atomic mass is 16.7. The average molecular weight is 450 g/mol. The van der Waals surface area contributed by atoms with E-state index in [2.05, 4.69) is 6.08 Å². The predicted octanol–water partition coefficient (Wildman–Crippen LogP) is 6.54. The smallest absolute Gasteiger partial charge is 0.461 e. The molecule has 0 amide bonds. The largest absolute Gasteiger partial charge is 0.498 e. The van der Waals surface area contributed by atoms with Gasteiger partial charge in [-0.3, -0.25) is 0 Å². The molecule has 2 aliphatic rings. The topological polar surface area (TPSA) is 57.9 Å². The van der Waals surface area contributed by atoms with Gasteiger partial charge in [-0.05, 0) is 65.0 Å². The second kappa shape index (κ2) is 9.51. The Balaban J connectivity index is 1.59. The Kier molecular flexibility index (Phi) is 6.87. The molecule has 0 radical (unpaired) electrons. The number of ether oxygens (including phenoxy) is 1. The number of carbonyl (C=O) groups excluding carboxylic acids is 1. The molecule has 2 heterocycles. The van der Waals surface area contributed by atoms with Crippen molar-refractivity contribution < 1.29 is 23.3 Å². The van der Waals surface area contributed by atoms with Crippen LogP contribution < -0.4 is 0 Å². The molecule has 33 heavy (non-hydrogen) atoms. The van der Waals surface area contributed by atoms with E-state index in [4.69, 9.17) is 18.5 Å². The Morgan fingerprint density at radius 2 is 1.70 bits per heavy atom. The van der Waals surface area contributed by atoms with Gasteiger partial charge in [-0.25, -0.2) is 4.79 Å². The maximum Gasteiger partial charge on any atom is 0.498 e. The lowest BCUT2D eigenvalue weighted by Crippen LogP contribution is -2.41. The molecule has 0 N–H and O–H groups in total. The van der Waals surface area contributed by atoms with Crippen LogP contribution in [0.1, 0.15) is 87.2 Å². The zero-order valence-corrected chi connectivity index (χ0v) is 20.5. The zero-order chi connectivity index (χ0) is 23.6. The van der Waals surface area contributed by atoms with E-state index >= 15 is 0 Å². The third-order valence-electron chi connectivity index (χ3n) is 7.21. The Morgan fingerprint density at radius 1 is 1.06 bits per heavy atom. The minimum absolute atomic E-state index is 0.224. The summed E-state index contributed by atoms with van der Waals surface area (Å²) in [6.07, 6.45) is 8.29. The average Bonchev–Trinajstić information content (AvgIpc) is 3.27. The van der Waals surface area contributed by atoms with Crippen molar-refractivity contribution in [2.24, 2.45) is 5.92 Å². The molecule has 1 saturated heterocycles. The van der Waals surface area contributed by atoms with Gasteiger partial charge in [0.25, 0.3) is 0 Å². The third-order valence-corrected chi connectivity index (χ3v) is 7.21. The van der Waals surface area contributed by atoms with E-state index < -0.39 is 24.3 Å². The summed E-state index contributed by atoms with van der Waals surface area (Å²) in [5.41, 5.74) is 1.34. The number of carbonyl (C=O) groups is 1. The minimum atomic E-state index is -0.546. The number of hydrogen-bond donors (Lipinski definition) is 0. The van der Waals surface area contributed by atoms with Crippen LogP contribution in [0.2, 0.25) is 0 Å². The lowest BCUT2D eigenvalue weighted by atomic mass is 9.73. The number of esters is 1. The first-order chi connectivity index (χ1) is 15.7. The van der Waals surface area contributed by atoms with Gasteiger partial charge < -0.3 is 18.5 Å². The summed E-state index contributed by atoms with van der Waals surface area (Å²) >= 11 is 0. The molecular weight excluding hydrogens is 415 g/mol. The van der Waals surface area contributed by atoms with E-state index in [1.54, 1.807) is 13.0 Å². The van der Waals surface area contributed by atoms with Crippen molar-refractivity contribution in [3.63, 3.8) is 0 Å². The number of benzene rings is 1. The molecule has 1 saturated carbocycles. The second-order valence-electron chi connectivity index (χ2n) is 10.3. The molecule has 0 unspecified atom stereocenters. The molecule has 5 nitrogen and oxygen atoms in total. The van der Waals surface area contributed by atoms with Gasteiger partial charge in [0.15, 0.2) is 0 Å². The van der Waals surface area contributed by atoms with Crippen molar-refractivity contribution in [3.05, 3.63) is 65.1 Å². The van der Waals surface area contributed by atoms with Gasteiger partial charge in [0, 0.05) is 5.47 Å². The predicted molar refractivity (Wildman–Crippen MR) is 130 cm³/mol. The van der Waals surface area contributed by atoms with Crippen LogP contribution in [0.15, 0.2) is 46.9 Å². The van der Waals surface area contributed by atoms with E-state index in [0.717, 1.165) is 23.9 Å². The van der Waals surface area contributed by atoms with Gasteiger partial charge in [-0.15, -0.1) is 0 Å². The van der Waals surface area contributed by atoms with Crippen molar-refractivity contribution >= 4 is 18.6 Å². The maximum absolute atomic E-state index is 12.8. The number of aryl methyl sites for hydroxylation is 1. The molecule has 2 fully saturated rings. The lowest BCUT2D eigenvalue weighted by Gasteiger charge is -2.32. The van der Waals surface area contributed by atoms with Gasteiger partial charge in [0.1, 0.15) is 23.7 Å². The van der Waals surface area contributed by atoms with Crippen LogP contribution in [-0.4, -0.2) is 24.3 Å². The summed E-state index contributed by atoms with van der Waals surface area (Å²) < 4.78 is 24.4. The van der Waals surface area contributed by atoms with E-state index in [9.17, 15) is 4.79 Å². The van der Waals surface area contributed by atoms with Crippen LogP contribution in [0, 0.1) is 12.8 Å². The van der Waals surface area contributed by atoms with Crippen LogP contribution in [0.25, 0.3) is 5.47 Å². The van der Waals surface area contributed by atoms with Crippen molar-refractivity contribution in [1.82, 2.24) is 0 Å². The first kappa shape index (κ1) is 23.8. The molecule has 176 valence electrons. The molecule has 2 aromatic rings. The molecule has 1 aromatic heterocycles. The van der Waals surface area contributed by atoms with Crippen LogP contribution in [-0.2, 0) is 20.7 Å². The fourth-order valence-electron chi connectivity index (χ4n) is 4.43. The molecule has 1 aliphatic heterocycles. The molecule has 6 heteroatoms. The Hall–Kier alpha value is -2.31. The normalized spacial score (nSPS) is 20.8. The standard InChI is InChI=1S/C27H35BO5/c1-19-22(25(29)30-18-21-14-10-7-11-15-21)17-24(31-19)23(16-20-12-8-6-9-13-20)28-32-26(2,3)27(4,5)33-28/h7,10-11,14-17,20H,6,8-9,12-13,18H2,1-5H3/b23-16-. The summed E-state index contributed by atoms with van der Waals surface area (Å²) in [4.78, 5) is 12.8. The van der Waals surface area contributed by atoms with Crippen LogP contribution in [0.3, 0.4) is 0 Å². The van der Waals surface area contributed by atoms with Crippen LogP contribution >= 0.6 is 0 Å². The number of furan rings is 1. The fraction of sp³-hybridized carbons (Fsp3) is 0.519. The summed E-state index contributed by atoms with van der Waals surface area (Å²) in [6, 6.07) is 11.4. The van der Waals surface area contributed by atoms with E-state index in [0.29, 0.717) is 23.0 Å². The monoisotopic (exact) mass is 450 g/mol. The van der Waals surface area contributed by atoms with Crippen molar-refractivity contribution in [2.75, 3.05) is 0 Å². The number of hydrogen-bond acceptors (Lipinski definition) is 5. The van der Waals surface area contributed by atoms with Crippen molar-refractivity contribution in [2.45, 2.75) is 84.5 Å². The Morgan fingerprint density at radius 3 is 2.33 bits per heavy atom. The maximum atomic E-state index is 12.8. The van der Waals surface area contributed by atoms with Crippen molar-refractivity contribution in [1.29, 1.82) is 0 Å². The quantitative estimate of drug-likeness (QED) is 0.370. The molecule has 1 aliphatic carbocycles. The summed E-state index contributed by atoms with van der Waals surface area (Å²) in [5, 5.41) is 0. The lowest BCUT2D eigenvalue weighted by molar-refractivity contribution is 0.00578. The summed E-state index contributed by atoms with van der Waals surface area (Å²) in [7, 11) is -0.546. The van der Waals surface area contributed by atoms with Crippen LogP contribution in [0.4, 0.5) is 0 Å². The molecule has 4 rings (SSSR count). The highest BCUT2D eigenvalue weighted by Crippen LogP contribution is 2.42. The zero-order valence-electron chi connectivity index (χ0n) is 20.5. The van der Waals surface area contributed by atoms with Crippen molar-refractivity contribution in [3.8, 4) is 0 Å². The second-order valence-corrected chi connectivity index (χ2v) is 10.3. The van der Waals surface area contributed by atoms with Crippen LogP contribution in [0.5, 0.6) is 0 Å². The van der Waals surface area contributed by atoms with Gasteiger partial charge in [0.2, 0.25) is 0 Å². The third kappa shape index (κ3) is 5.28. The van der Waals surface area contributed by atoms with Gasteiger partial charge in [0.05, 0.1) is 11.2 Å². The molecule has 0 spiro atoms. The summed E-state index contributed by atoms with van der Waals surface area (Å²) in [5.74, 6) is 1.21. The van der Waals surface area contributed by atoms with E-state index in [-0.39, 0.29) is 6.61 Å². The highest BCUT2D eigenvalue weighted by Gasteiger charge is 2.53. The van der Waals surface area contributed by atoms with Gasteiger partial charge in [-0.2, -0.15) is 0 Å². The fourth-order valence-corrected chi connectivity index (χ4v) is 4.43. The van der Waals surface area contributed by atoms with Gasteiger partial charge in [-0.1, -0.05) is 55.7 Å². The first-order valence-corrected chi connectivity index (χ1v) is 12.1. The molecule has 0 atom stereocenters. The van der Waals surface area contributed by atoms with E-state index in [1.165, 1.54) is 19.3 Å². The minimum Gasteiger partial charge on any atom is -0.461 e. The SMILES string of the molecule is Cc1oc(/C(=C/C2CCCCC2)B2OC(C)(C)C(C)(C)O2)cc1C(=O)OCc1ccccc1. The first-order valence-electron chi connectivity index (χ1n) is 12.1. The number of rotatable bonds is 6. The molecular formula is C27H35BO5. The Labute approximate surface area is 197 Å². The van der Waals surface area contributed by atoms with Gasteiger partial charge >= 0.3 is 13.1 Å². The highest BCUT2D eigenvalue weighted by molar-refractivity contribution is 6.68. The molecule has 1 aromatic carbocycles. The summed E-state index contributed by atoms with van der Waals surface area (Å²) in [6.45, 7) is 10.2.